The summed E-state index contributed by atoms with van der Waals surface area (Å²) < 4.78 is 70.2. The number of alkyl halides is 7. The third kappa shape index (κ3) is 2.00. The Morgan fingerprint density at radius 2 is 1.18 bits per heavy atom. The fourth-order valence-corrected chi connectivity index (χ4v) is 0.386. The molecule has 1 atom stereocenters. The Hall–Kier alpha value is 0.0600. The Balaban J connectivity index is 4.75. The molecule has 0 heterocycles. The molecule has 7 heteroatoms. The van der Waals surface area contributed by atoms with Crippen LogP contribution in [0.4, 0.5) is 26.3 Å². The molecule has 0 fully saturated rings. The van der Waals surface area contributed by atoms with E-state index in [1.54, 1.807) is 0 Å². The molecule has 0 saturated carbocycles. The van der Waals surface area contributed by atoms with Gasteiger partial charge in [0, 0.05) is 0 Å². The molecule has 11 heavy (non-hydrogen) atoms. The first-order chi connectivity index (χ1) is 4.50. The van der Waals surface area contributed by atoms with Gasteiger partial charge in [0.25, 0.3) is 5.67 Å². The van der Waals surface area contributed by atoms with Crippen LogP contribution in [0.3, 0.4) is 0 Å². The molecule has 1 unspecified atom stereocenters. The highest BCUT2D eigenvalue weighted by Gasteiger charge is 2.66. The van der Waals surface area contributed by atoms with Crippen LogP contribution in [-0.2, 0) is 0 Å². The summed E-state index contributed by atoms with van der Waals surface area (Å²) in [5.41, 5.74) is -4.54. The van der Waals surface area contributed by atoms with Crippen LogP contribution in [0.15, 0.2) is 0 Å². The van der Waals surface area contributed by atoms with E-state index < -0.39 is 16.7 Å². The molecule has 0 aliphatic heterocycles. The molecule has 0 bridgehead atoms. The first-order valence-electron chi connectivity index (χ1n) is 2.32. The quantitative estimate of drug-likeness (QED) is 0.491. The lowest BCUT2D eigenvalue weighted by Crippen LogP contribution is -2.49. The van der Waals surface area contributed by atoms with Gasteiger partial charge in [-0.2, -0.15) is 22.0 Å². The second-order valence-electron chi connectivity index (χ2n) is 2.00. The SMILES string of the molecule is CC(F)(C(F)(F)F)C(F)(F)Br. The molecule has 0 nitrogen and oxygen atoms in total. The Morgan fingerprint density at radius 1 is 0.909 bits per heavy atom. The van der Waals surface area contributed by atoms with Crippen LogP contribution in [0, 0.1) is 0 Å². The van der Waals surface area contributed by atoms with Gasteiger partial charge in [0.1, 0.15) is 0 Å². The summed E-state index contributed by atoms with van der Waals surface area (Å²) in [4.78, 5) is -4.60. The molecule has 0 amide bonds. The second-order valence-corrected chi connectivity index (χ2v) is 2.99. The van der Waals surface area contributed by atoms with Crippen molar-refractivity contribution in [3.05, 3.63) is 0 Å². The summed E-state index contributed by atoms with van der Waals surface area (Å²) >= 11 is 1.31. The molecule has 68 valence electrons. The fraction of sp³-hybridized carbons (Fsp3) is 1.00. The third-order valence-electron chi connectivity index (χ3n) is 1.06. The fourth-order valence-electron chi connectivity index (χ4n) is 0.161. The minimum absolute atomic E-state index is 0.234. The first-order valence-corrected chi connectivity index (χ1v) is 3.12. The number of rotatable bonds is 1. The molecular formula is C4H3BrF6. The van der Waals surface area contributed by atoms with Crippen LogP contribution in [0.2, 0.25) is 0 Å². The van der Waals surface area contributed by atoms with Crippen LogP contribution in [0.5, 0.6) is 0 Å². The Labute approximate surface area is 66.7 Å². The average Bonchev–Trinajstić information content (AvgIpc) is 1.58. The zero-order chi connectivity index (χ0) is 9.50. The standard InChI is InChI=1S/C4H3BrF6/c1-2(6,3(5,7)8)4(9,10)11/h1H3. The molecule has 0 saturated heterocycles. The minimum atomic E-state index is -5.58. The minimum Gasteiger partial charge on any atom is -0.226 e. The molecule has 0 aliphatic carbocycles. The van der Waals surface area contributed by atoms with Crippen molar-refractivity contribution in [2.45, 2.75) is 23.6 Å². The van der Waals surface area contributed by atoms with E-state index in [9.17, 15) is 26.3 Å². The van der Waals surface area contributed by atoms with Gasteiger partial charge < -0.3 is 0 Å². The van der Waals surface area contributed by atoms with E-state index >= 15 is 0 Å². The van der Waals surface area contributed by atoms with Gasteiger partial charge in [0.15, 0.2) is 0 Å². The number of hydrogen-bond acceptors (Lipinski definition) is 0. The van der Waals surface area contributed by atoms with Crippen LogP contribution in [0.25, 0.3) is 0 Å². The number of halogens is 7. The van der Waals surface area contributed by atoms with Gasteiger partial charge in [0.2, 0.25) is 0 Å². The van der Waals surface area contributed by atoms with Crippen molar-refractivity contribution >= 4 is 15.9 Å². The zero-order valence-corrected chi connectivity index (χ0v) is 6.73. The topological polar surface area (TPSA) is 0 Å². The highest BCUT2D eigenvalue weighted by atomic mass is 79.9. The van der Waals surface area contributed by atoms with E-state index in [4.69, 9.17) is 0 Å². The molecule has 0 spiro atoms. The average molecular weight is 245 g/mol. The zero-order valence-electron chi connectivity index (χ0n) is 5.15. The molecule has 0 aromatic rings. The molecule has 0 aliphatic rings. The van der Waals surface area contributed by atoms with Gasteiger partial charge in [-0.05, 0) is 22.9 Å². The molecule has 0 rings (SSSR count). The summed E-state index contributed by atoms with van der Waals surface area (Å²) in [6, 6.07) is 0. The van der Waals surface area contributed by atoms with Crippen LogP contribution in [0.1, 0.15) is 6.92 Å². The molecule has 0 aromatic heterocycles. The van der Waals surface area contributed by atoms with Gasteiger partial charge in [-0.15, -0.1) is 0 Å². The predicted molar refractivity (Wildman–Crippen MR) is 29.4 cm³/mol. The molecular weight excluding hydrogens is 242 g/mol. The van der Waals surface area contributed by atoms with Crippen LogP contribution >= 0.6 is 15.9 Å². The van der Waals surface area contributed by atoms with Crippen molar-refractivity contribution < 1.29 is 26.3 Å². The Morgan fingerprint density at radius 3 is 1.18 bits per heavy atom. The van der Waals surface area contributed by atoms with Crippen molar-refractivity contribution in [1.82, 2.24) is 0 Å². The van der Waals surface area contributed by atoms with Gasteiger partial charge in [0.05, 0.1) is 0 Å². The van der Waals surface area contributed by atoms with E-state index in [1.807, 2.05) is 0 Å². The van der Waals surface area contributed by atoms with Crippen molar-refractivity contribution in [3.63, 3.8) is 0 Å². The summed E-state index contributed by atoms with van der Waals surface area (Å²) in [6.45, 7) is -0.234. The monoisotopic (exact) mass is 244 g/mol. The lowest BCUT2D eigenvalue weighted by Gasteiger charge is -2.27. The smallest absolute Gasteiger partial charge is 0.226 e. The largest absolute Gasteiger partial charge is 0.429 e. The van der Waals surface area contributed by atoms with Gasteiger partial charge in [-0.3, -0.25) is 0 Å². The second kappa shape index (κ2) is 2.53. The highest BCUT2D eigenvalue weighted by Crippen LogP contribution is 2.47. The van der Waals surface area contributed by atoms with Crippen molar-refractivity contribution in [1.29, 1.82) is 0 Å². The third-order valence-corrected chi connectivity index (χ3v) is 1.81. The first kappa shape index (κ1) is 11.1. The van der Waals surface area contributed by atoms with E-state index in [2.05, 4.69) is 0 Å². The van der Waals surface area contributed by atoms with Gasteiger partial charge in [-0.1, -0.05) is 0 Å². The van der Waals surface area contributed by atoms with Crippen LogP contribution in [-0.4, -0.2) is 16.7 Å². The van der Waals surface area contributed by atoms with E-state index in [1.165, 1.54) is 15.9 Å². The molecule has 0 N–H and O–H groups in total. The van der Waals surface area contributed by atoms with Crippen LogP contribution < -0.4 is 0 Å². The van der Waals surface area contributed by atoms with E-state index in [-0.39, 0.29) is 6.92 Å². The van der Waals surface area contributed by atoms with Crippen molar-refractivity contribution in [2.24, 2.45) is 0 Å². The normalized spacial score (nSPS) is 19.6. The van der Waals surface area contributed by atoms with Gasteiger partial charge in [-0.25, -0.2) is 4.39 Å². The predicted octanol–water partition coefficient (Wildman–Crippen LogP) is 3.26. The summed E-state index contributed by atoms with van der Waals surface area (Å²) in [6.07, 6.45) is -5.58. The summed E-state index contributed by atoms with van der Waals surface area (Å²) in [5, 5.41) is 0. The molecule has 0 aromatic carbocycles. The lowest BCUT2D eigenvalue weighted by atomic mass is 10.1. The van der Waals surface area contributed by atoms with E-state index in [0.717, 1.165) is 0 Å². The van der Waals surface area contributed by atoms with E-state index in [0.29, 0.717) is 0 Å². The van der Waals surface area contributed by atoms with Crippen molar-refractivity contribution in [2.75, 3.05) is 0 Å². The van der Waals surface area contributed by atoms with Gasteiger partial charge >= 0.3 is 11.0 Å². The summed E-state index contributed by atoms with van der Waals surface area (Å²) in [5.74, 6) is 0. The maximum Gasteiger partial charge on any atom is 0.429 e. The number of hydrogen-bond donors (Lipinski definition) is 0. The molecule has 0 radical (unpaired) electrons. The lowest BCUT2D eigenvalue weighted by molar-refractivity contribution is -0.267. The maximum atomic E-state index is 12.2. The highest BCUT2D eigenvalue weighted by molar-refractivity contribution is 9.10. The Kier molecular flexibility index (Phi) is 2.55. The summed E-state index contributed by atoms with van der Waals surface area (Å²) in [7, 11) is 0. The Bertz CT molecular complexity index is 126. The van der Waals surface area contributed by atoms with Crippen molar-refractivity contribution in [3.8, 4) is 0 Å². The maximum absolute atomic E-state index is 12.2.